The molecule has 16 heteroatoms. The van der Waals surface area contributed by atoms with Crippen LogP contribution in [0, 0.1) is 17.7 Å². The van der Waals surface area contributed by atoms with Gasteiger partial charge in [0.15, 0.2) is 11.3 Å². The van der Waals surface area contributed by atoms with Crippen molar-refractivity contribution in [1.82, 2.24) is 25.2 Å². The summed E-state index contributed by atoms with van der Waals surface area (Å²) in [6.07, 6.45) is 3.95. The highest BCUT2D eigenvalue weighted by atomic mass is 32.2. The number of aromatic nitrogens is 1. The van der Waals surface area contributed by atoms with Crippen LogP contribution >= 0.6 is 0 Å². The van der Waals surface area contributed by atoms with E-state index in [1.54, 1.807) is 19.9 Å². The Labute approximate surface area is 322 Å². The van der Waals surface area contributed by atoms with Crippen LogP contribution in [0.15, 0.2) is 59.5 Å². The van der Waals surface area contributed by atoms with Gasteiger partial charge in [-0.25, -0.2) is 22.6 Å². The van der Waals surface area contributed by atoms with Crippen LogP contribution in [0.4, 0.5) is 9.18 Å². The fourth-order valence-corrected chi connectivity index (χ4v) is 9.38. The van der Waals surface area contributed by atoms with Gasteiger partial charge in [-0.1, -0.05) is 32.1 Å². The topological polar surface area (TPSA) is 186 Å². The second kappa shape index (κ2) is 14.4. The van der Waals surface area contributed by atoms with Crippen molar-refractivity contribution in [2.45, 2.75) is 100 Å². The smallest absolute Gasteiger partial charge is 0.408 e. The third-order valence-corrected chi connectivity index (χ3v) is 13.2. The zero-order chi connectivity index (χ0) is 39.5. The van der Waals surface area contributed by atoms with Gasteiger partial charge in [-0.2, -0.15) is 0 Å². The van der Waals surface area contributed by atoms with Crippen molar-refractivity contribution in [3.8, 4) is 5.75 Å². The molecule has 56 heavy (non-hydrogen) atoms. The SMILES string of the molecule is C=CC1CC1(NC(=O)[C@@H]1C[C@@H](Oc2c3ccc(F)cc3nc3c2oc2ccccc23)CN1C(=O)[C@@H](NC(=O)OC1CCCC1)C(C)C)C(=O)NS(=O)(=O)C1CC1. The number of alkyl carbamates (subject to hydrolysis) is 1. The minimum absolute atomic E-state index is 0.0571. The number of rotatable bonds is 12. The third kappa shape index (κ3) is 7.03. The molecule has 296 valence electrons. The standard InChI is InChI=1S/C40H44FN5O9S/c1-4-22-19-40(22,38(49)45-56(51,52)26-14-15-26)44-36(47)30-18-25(20-46(30)37(48)32(21(2)3)43-39(50)54-24-9-5-6-10-24)53-34-27-16-13-23(41)17-29(27)42-33-28-11-7-8-12-31(28)55-35(33)34/h4,7-8,11-13,16-17,21-22,24-26,30,32H,1,5-6,9-10,14-15,18-20H2,2-3H3,(H,43,50)(H,44,47)(H,45,49)/t22?,25-,30+,32+,40?/m1/s1. The number of benzene rings is 2. The van der Waals surface area contributed by atoms with Gasteiger partial charge in [0, 0.05) is 29.2 Å². The minimum atomic E-state index is -3.93. The summed E-state index contributed by atoms with van der Waals surface area (Å²) < 4.78 is 60.7. The summed E-state index contributed by atoms with van der Waals surface area (Å²) in [5.41, 5.74) is -0.0210. The molecule has 2 unspecified atom stereocenters. The monoisotopic (exact) mass is 789 g/mol. The summed E-state index contributed by atoms with van der Waals surface area (Å²) in [5, 5.41) is 5.97. The van der Waals surface area contributed by atoms with E-state index in [0.717, 1.165) is 25.7 Å². The third-order valence-electron chi connectivity index (χ3n) is 11.4. The second-order valence-electron chi connectivity index (χ2n) is 15.7. The maximum atomic E-state index is 14.5. The van der Waals surface area contributed by atoms with Crippen molar-refractivity contribution in [3.63, 3.8) is 0 Å². The predicted octanol–water partition coefficient (Wildman–Crippen LogP) is 4.98. The van der Waals surface area contributed by atoms with Crippen LogP contribution in [0.25, 0.3) is 33.0 Å². The van der Waals surface area contributed by atoms with Crippen molar-refractivity contribution < 1.29 is 45.9 Å². The Balaban J connectivity index is 1.12. The molecule has 4 amide bonds. The van der Waals surface area contributed by atoms with E-state index in [0.29, 0.717) is 45.8 Å². The number of hydrogen-bond donors (Lipinski definition) is 3. The second-order valence-corrected chi connectivity index (χ2v) is 17.7. The number of fused-ring (bicyclic) bond motifs is 4. The molecule has 4 fully saturated rings. The van der Waals surface area contributed by atoms with Crippen LogP contribution in [0.3, 0.4) is 0 Å². The van der Waals surface area contributed by atoms with E-state index in [2.05, 4.69) is 21.9 Å². The molecule has 3 aliphatic carbocycles. The number of nitrogens with one attached hydrogen (secondary N) is 3. The Morgan fingerprint density at radius 1 is 1.05 bits per heavy atom. The Kier molecular flexibility index (Phi) is 9.66. The molecular formula is C40H44FN5O9S. The van der Waals surface area contributed by atoms with Gasteiger partial charge in [0.1, 0.15) is 46.7 Å². The molecule has 4 aliphatic rings. The normalized spacial score (nSPS) is 24.4. The Hall–Kier alpha value is -5.25. The predicted molar refractivity (Wildman–Crippen MR) is 203 cm³/mol. The van der Waals surface area contributed by atoms with E-state index < -0.39 is 80.5 Å². The molecule has 3 heterocycles. The van der Waals surface area contributed by atoms with E-state index >= 15 is 0 Å². The summed E-state index contributed by atoms with van der Waals surface area (Å²) >= 11 is 0. The van der Waals surface area contributed by atoms with Crippen molar-refractivity contribution in [1.29, 1.82) is 0 Å². The van der Waals surface area contributed by atoms with Crippen LogP contribution in [0.5, 0.6) is 5.75 Å². The van der Waals surface area contributed by atoms with Gasteiger partial charge in [0.2, 0.25) is 21.8 Å². The minimum Gasteiger partial charge on any atom is -0.484 e. The summed E-state index contributed by atoms with van der Waals surface area (Å²) in [6.45, 7) is 7.18. The molecule has 3 N–H and O–H groups in total. The number of hydrogen-bond acceptors (Lipinski definition) is 10. The van der Waals surface area contributed by atoms with Crippen LogP contribution < -0.4 is 20.1 Å². The first-order chi connectivity index (χ1) is 26.8. The number of sulfonamides is 1. The van der Waals surface area contributed by atoms with Gasteiger partial charge >= 0.3 is 6.09 Å². The average Bonchev–Trinajstić information content (AvgIpc) is 3.98. The van der Waals surface area contributed by atoms with Crippen LogP contribution in [-0.4, -0.2) is 83.7 Å². The lowest BCUT2D eigenvalue weighted by Crippen LogP contribution is -2.59. The number of ether oxygens (including phenoxy) is 2. The molecule has 2 aromatic heterocycles. The van der Waals surface area contributed by atoms with Crippen molar-refractivity contribution in [2.75, 3.05) is 6.54 Å². The molecule has 2 aromatic carbocycles. The number of likely N-dealkylation sites (tertiary alicyclic amines) is 1. The fourth-order valence-electron chi connectivity index (χ4n) is 8.02. The molecule has 1 saturated heterocycles. The summed E-state index contributed by atoms with van der Waals surface area (Å²) in [6, 6.07) is 9.01. The molecular weight excluding hydrogens is 746 g/mol. The molecule has 8 rings (SSSR count). The number of carbonyl (C=O) groups is 4. The van der Waals surface area contributed by atoms with E-state index in [1.165, 1.54) is 29.2 Å². The van der Waals surface area contributed by atoms with Crippen molar-refractivity contribution in [3.05, 3.63) is 60.9 Å². The molecule has 0 spiro atoms. The van der Waals surface area contributed by atoms with Crippen molar-refractivity contribution >= 4 is 66.8 Å². The highest BCUT2D eigenvalue weighted by molar-refractivity contribution is 7.91. The van der Waals surface area contributed by atoms with E-state index in [4.69, 9.17) is 18.9 Å². The van der Waals surface area contributed by atoms with E-state index in [-0.39, 0.29) is 31.2 Å². The van der Waals surface area contributed by atoms with Crippen LogP contribution in [0.2, 0.25) is 0 Å². The molecule has 3 saturated carbocycles. The Morgan fingerprint density at radius 3 is 2.50 bits per heavy atom. The van der Waals surface area contributed by atoms with E-state index in [9.17, 15) is 32.0 Å². The fraction of sp³-hybridized carbons (Fsp3) is 0.475. The largest absolute Gasteiger partial charge is 0.484 e. The number of nitrogens with zero attached hydrogens (tertiary/aromatic N) is 2. The highest BCUT2D eigenvalue weighted by Crippen LogP contribution is 2.46. The van der Waals surface area contributed by atoms with Gasteiger partial charge in [0.25, 0.3) is 5.91 Å². The summed E-state index contributed by atoms with van der Waals surface area (Å²) in [5.74, 6) is -3.39. The quantitative estimate of drug-likeness (QED) is 0.165. The highest BCUT2D eigenvalue weighted by Gasteiger charge is 2.62. The van der Waals surface area contributed by atoms with Gasteiger partial charge < -0.3 is 29.4 Å². The number of furan rings is 1. The molecule has 1 aliphatic heterocycles. The Bertz CT molecular complexity index is 2370. The number of para-hydroxylation sites is 1. The van der Waals surface area contributed by atoms with Gasteiger partial charge in [-0.05, 0) is 75.1 Å². The molecule has 0 radical (unpaired) electrons. The first kappa shape index (κ1) is 37.7. The van der Waals surface area contributed by atoms with Gasteiger partial charge in [-0.3, -0.25) is 19.1 Å². The maximum Gasteiger partial charge on any atom is 0.408 e. The van der Waals surface area contributed by atoms with Gasteiger partial charge in [-0.15, -0.1) is 6.58 Å². The Morgan fingerprint density at radius 2 is 1.80 bits per heavy atom. The van der Waals surface area contributed by atoms with Crippen LogP contribution in [0.1, 0.15) is 65.2 Å². The molecule has 4 aromatic rings. The lowest BCUT2D eigenvalue weighted by molar-refractivity contribution is -0.141. The first-order valence-corrected chi connectivity index (χ1v) is 20.7. The van der Waals surface area contributed by atoms with Gasteiger partial charge in [0.05, 0.1) is 17.3 Å². The lowest BCUT2D eigenvalue weighted by atomic mass is 10.0. The number of pyridine rings is 1. The van der Waals surface area contributed by atoms with Crippen LogP contribution in [-0.2, 0) is 29.1 Å². The number of carbonyl (C=O) groups excluding carboxylic acids is 4. The summed E-state index contributed by atoms with van der Waals surface area (Å²) in [4.78, 5) is 61.6. The molecule has 14 nitrogen and oxygen atoms in total. The first-order valence-electron chi connectivity index (χ1n) is 19.1. The van der Waals surface area contributed by atoms with Crippen molar-refractivity contribution in [2.24, 2.45) is 11.8 Å². The molecule has 5 atom stereocenters. The lowest BCUT2D eigenvalue weighted by Gasteiger charge is -2.31. The zero-order valence-electron chi connectivity index (χ0n) is 31.1. The average molecular weight is 790 g/mol. The molecule has 0 bridgehead atoms. The van der Waals surface area contributed by atoms with E-state index in [1.807, 2.05) is 18.2 Å². The summed E-state index contributed by atoms with van der Waals surface area (Å²) in [7, 11) is -3.93. The number of amides is 4. The number of halogens is 1. The zero-order valence-corrected chi connectivity index (χ0v) is 31.9. The maximum absolute atomic E-state index is 14.5.